The van der Waals surface area contributed by atoms with E-state index in [1.807, 2.05) is 0 Å². The molecule has 1 aromatic rings. The molecule has 27 heavy (non-hydrogen) atoms. The van der Waals surface area contributed by atoms with Crippen molar-refractivity contribution in [2.75, 3.05) is 24.6 Å². The van der Waals surface area contributed by atoms with Crippen molar-refractivity contribution in [3.8, 4) is 11.5 Å². The third-order valence-corrected chi connectivity index (χ3v) is 14.7. The van der Waals surface area contributed by atoms with Crippen LogP contribution in [0.15, 0.2) is 23.1 Å². The summed E-state index contributed by atoms with van der Waals surface area (Å²) in [5, 5.41) is 19.5. The molecular weight excluding hydrogens is 383 g/mol. The van der Waals surface area contributed by atoms with Crippen LogP contribution in [0, 0.1) is 0 Å². The van der Waals surface area contributed by atoms with Crippen molar-refractivity contribution in [2.24, 2.45) is 0 Å². The average molecular weight is 421 g/mol. The van der Waals surface area contributed by atoms with E-state index >= 15 is 0 Å². The molecule has 0 saturated heterocycles. The van der Waals surface area contributed by atoms with Gasteiger partial charge < -0.3 is 0 Å². The van der Waals surface area contributed by atoms with Gasteiger partial charge in [-0.15, -0.1) is 0 Å². The number of phenolic OH excluding ortho intramolecular Hbond substituents is 2. The second-order valence-electron chi connectivity index (χ2n) is 7.62. The minimum absolute atomic E-state index is 0.174. The normalized spacial score (nSPS) is 14.0. The Bertz CT molecular complexity index is 658. The molecule has 7 heteroatoms. The SMILES string of the molecule is CCCCP(CC)(CCCC)(CCCC)OS(=O)(=O)c1cc(O)cc(O)c1. The Kier molecular flexibility index (Phi) is 9.04. The molecule has 0 heterocycles. The molecule has 0 atom stereocenters. The number of unbranched alkanes of at least 4 members (excludes halogenated alkanes) is 3. The number of rotatable bonds is 13. The van der Waals surface area contributed by atoms with Crippen LogP contribution < -0.4 is 0 Å². The van der Waals surface area contributed by atoms with E-state index in [-0.39, 0.29) is 16.4 Å². The summed E-state index contributed by atoms with van der Waals surface area (Å²) in [5.74, 6) is -0.575. The van der Waals surface area contributed by atoms with Crippen LogP contribution in [0.1, 0.15) is 66.2 Å². The summed E-state index contributed by atoms with van der Waals surface area (Å²) in [6.07, 6.45) is 8.97. The maximum absolute atomic E-state index is 13.2. The van der Waals surface area contributed by atoms with E-state index in [1.54, 1.807) is 0 Å². The Morgan fingerprint density at radius 3 is 1.56 bits per heavy atom. The molecule has 0 unspecified atom stereocenters. The van der Waals surface area contributed by atoms with Crippen molar-refractivity contribution < 1.29 is 22.6 Å². The maximum atomic E-state index is 13.2. The van der Waals surface area contributed by atoms with Gasteiger partial charge in [0.15, 0.2) is 0 Å². The topological polar surface area (TPSA) is 83.8 Å². The van der Waals surface area contributed by atoms with E-state index in [4.69, 9.17) is 3.97 Å². The minimum atomic E-state index is -4.09. The molecular formula is C20H37O5PS. The molecule has 1 aromatic carbocycles. The van der Waals surface area contributed by atoms with Gasteiger partial charge in [-0.05, 0) is 0 Å². The van der Waals surface area contributed by atoms with Crippen molar-refractivity contribution in [3.05, 3.63) is 18.2 Å². The molecule has 0 aromatic heterocycles. The Morgan fingerprint density at radius 2 is 1.22 bits per heavy atom. The van der Waals surface area contributed by atoms with Gasteiger partial charge in [-0.25, -0.2) is 0 Å². The quantitative estimate of drug-likeness (QED) is 0.400. The van der Waals surface area contributed by atoms with E-state index in [9.17, 15) is 18.6 Å². The molecule has 0 bridgehead atoms. The van der Waals surface area contributed by atoms with Gasteiger partial charge in [-0.1, -0.05) is 0 Å². The van der Waals surface area contributed by atoms with E-state index in [0.29, 0.717) is 0 Å². The van der Waals surface area contributed by atoms with E-state index in [1.165, 1.54) is 0 Å². The van der Waals surface area contributed by atoms with Crippen LogP contribution in [-0.2, 0) is 14.1 Å². The van der Waals surface area contributed by atoms with E-state index in [0.717, 1.165) is 81.4 Å². The summed E-state index contributed by atoms with van der Waals surface area (Å²) in [4.78, 5) is -0.174. The van der Waals surface area contributed by atoms with Gasteiger partial charge in [0.1, 0.15) is 0 Å². The summed E-state index contributed by atoms with van der Waals surface area (Å²) >= 11 is 0. The van der Waals surface area contributed by atoms with Crippen LogP contribution >= 0.6 is 6.83 Å². The fourth-order valence-corrected chi connectivity index (χ4v) is 13.1. The molecule has 0 fully saturated rings. The Balaban J connectivity index is 3.46. The molecule has 0 radical (unpaired) electrons. The second kappa shape index (κ2) is 10.1. The van der Waals surface area contributed by atoms with Crippen LogP contribution in [0.2, 0.25) is 0 Å². The first-order valence-electron chi connectivity index (χ1n) is 10.2. The first-order valence-corrected chi connectivity index (χ1v) is 14.5. The number of aromatic hydroxyl groups is 2. The van der Waals surface area contributed by atoms with Gasteiger partial charge in [-0.3, -0.25) is 0 Å². The van der Waals surface area contributed by atoms with Crippen LogP contribution in [0.25, 0.3) is 0 Å². The second-order valence-corrected chi connectivity index (χ2v) is 15.3. The van der Waals surface area contributed by atoms with Gasteiger partial charge in [0.05, 0.1) is 0 Å². The molecule has 0 aliphatic heterocycles. The first-order chi connectivity index (χ1) is 12.7. The molecule has 1 rings (SSSR count). The fraction of sp³-hybridized carbons (Fsp3) is 0.700. The average Bonchev–Trinajstić information content (AvgIpc) is 2.62. The third kappa shape index (κ3) is 6.33. The van der Waals surface area contributed by atoms with Gasteiger partial charge in [0.25, 0.3) is 0 Å². The summed E-state index contributed by atoms with van der Waals surface area (Å²) in [6.45, 7) is 5.42. The van der Waals surface area contributed by atoms with Crippen molar-refractivity contribution >= 4 is 16.9 Å². The summed E-state index contributed by atoms with van der Waals surface area (Å²) in [7, 11) is -4.09. The van der Waals surface area contributed by atoms with Gasteiger partial charge in [0, 0.05) is 0 Å². The van der Waals surface area contributed by atoms with Gasteiger partial charge in [0.2, 0.25) is 0 Å². The summed E-state index contributed by atoms with van der Waals surface area (Å²) < 4.78 is 32.6. The van der Waals surface area contributed by atoms with Crippen LogP contribution in [0.4, 0.5) is 0 Å². The molecule has 5 nitrogen and oxygen atoms in total. The zero-order valence-corrected chi connectivity index (χ0v) is 19.0. The molecule has 0 aliphatic rings. The predicted octanol–water partition coefficient (Wildman–Crippen LogP) is 5.69. The van der Waals surface area contributed by atoms with Crippen LogP contribution in [-0.4, -0.2) is 43.3 Å². The van der Waals surface area contributed by atoms with Crippen molar-refractivity contribution in [1.82, 2.24) is 0 Å². The molecule has 0 aliphatic carbocycles. The number of hydrogen-bond donors (Lipinski definition) is 2. The third-order valence-electron chi connectivity index (χ3n) is 5.51. The number of hydrogen-bond acceptors (Lipinski definition) is 5. The van der Waals surface area contributed by atoms with Crippen molar-refractivity contribution in [3.63, 3.8) is 0 Å². The standard InChI is InChI=1S/C20H37O5PS/c1-5-9-12-26(8-4,13-10-6-2,14-11-7-3)25-27(23,24)20-16-18(21)15-19(22)17-20/h15-17,21-22H,5-14H2,1-4H3. The Hall–Kier alpha value is -0.840. The van der Waals surface area contributed by atoms with Crippen LogP contribution in [0.3, 0.4) is 0 Å². The molecule has 0 saturated carbocycles. The van der Waals surface area contributed by atoms with Crippen LogP contribution in [0.5, 0.6) is 11.5 Å². The zero-order chi connectivity index (χ0) is 20.6. The Labute approximate surface area is 165 Å². The number of phenols is 2. The summed E-state index contributed by atoms with van der Waals surface area (Å²) in [6, 6.07) is 3.41. The molecule has 0 spiro atoms. The monoisotopic (exact) mass is 420 g/mol. The fourth-order valence-electron chi connectivity index (χ4n) is 3.68. The van der Waals surface area contributed by atoms with Crippen molar-refractivity contribution in [1.29, 1.82) is 0 Å². The van der Waals surface area contributed by atoms with E-state index in [2.05, 4.69) is 27.7 Å². The first kappa shape index (κ1) is 24.2. The predicted molar refractivity (Wildman–Crippen MR) is 115 cm³/mol. The molecule has 158 valence electrons. The van der Waals surface area contributed by atoms with Crippen molar-refractivity contribution in [2.45, 2.75) is 71.1 Å². The zero-order valence-electron chi connectivity index (χ0n) is 17.3. The van der Waals surface area contributed by atoms with Gasteiger partial charge in [-0.2, -0.15) is 0 Å². The summed E-state index contributed by atoms with van der Waals surface area (Å²) in [5.41, 5.74) is 0. The molecule has 2 N–H and O–H groups in total. The Morgan fingerprint density at radius 1 is 0.815 bits per heavy atom. The number of benzene rings is 1. The van der Waals surface area contributed by atoms with Gasteiger partial charge >= 0.3 is 165 Å². The molecule has 0 amide bonds. The van der Waals surface area contributed by atoms with E-state index < -0.39 is 16.9 Å².